The zero-order chi connectivity index (χ0) is 25.1. The molecule has 7 nitrogen and oxygen atoms in total. The molecule has 1 aliphatic rings. The summed E-state index contributed by atoms with van der Waals surface area (Å²) in [6.07, 6.45) is 2.19. The number of hydrogen-bond donors (Lipinski definition) is 2. The van der Waals surface area contributed by atoms with Crippen molar-refractivity contribution in [3.63, 3.8) is 0 Å². The van der Waals surface area contributed by atoms with Crippen LogP contribution in [0.2, 0.25) is 28.2 Å². The van der Waals surface area contributed by atoms with Gasteiger partial charge in [0, 0.05) is 16.8 Å². The largest absolute Gasteiger partial charge is 0.413 e. The quantitative estimate of drug-likeness (QED) is 0.333. The Balaban J connectivity index is 1.79. The number of hydrogen-bond acceptors (Lipinski definition) is 7. The van der Waals surface area contributed by atoms with Crippen LogP contribution >= 0.6 is 39.1 Å². The van der Waals surface area contributed by atoms with E-state index in [1.165, 1.54) is 6.20 Å². The summed E-state index contributed by atoms with van der Waals surface area (Å²) in [5.74, 6) is 0.622. The zero-order valence-corrected chi connectivity index (χ0v) is 24.1. The van der Waals surface area contributed by atoms with Gasteiger partial charge in [-0.05, 0) is 58.2 Å². The van der Waals surface area contributed by atoms with Gasteiger partial charge in [0.05, 0.1) is 42.5 Å². The van der Waals surface area contributed by atoms with Crippen LogP contribution in [0.4, 0.5) is 17.5 Å². The molecule has 3 rings (SSSR count). The van der Waals surface area contributed by atoms with Crippen molar-refractivity contribution in [2.24, 2.45) is 5.92 Å². The van der Waals surface area contributed by atoms with E-state index < -0.39 is 8.32 Å². The summed E-state index contributed by atoms with van der Waals surface area (Å²) in [6.45, 7) is 12.5. The predicted molar refractivity (Wildman–Crippen MR) is 143 cm³/mol. The van der Waals surface area contributed by atoms with E-state index in [0.717, 1.165) is 15.7 Å². The van der Waals surface area contributed by atoms with Crippen molar-refractivity contribution in [3.05, 3.63) is 38.4 Å². The number of aromatic nitrogens is 2. The third-order valence-corrected chi connectivity index (χ3v) is 12.6. The van der Waals surface area contributed by atoms with E-state index >= 15 is 0 Å². The third-order valence-electron chi connectivity index (χ3n) is 6.34. The Bertz CT molecular complexity index is 1070. The summed E-state index contributed by atoms with van der Waals surface area (Å²) in [7, 11) is -1.93. The molecule has 0 amide bonds. The number of rotatable bonds is 7. The van der Waals surface area contributed by atoms with Gasteiger partial charge in [0.25, 0.3) is 0 Å². The van der Waals surface area contributed by atoms with Gasteiger partial charge in [0.1, 0.15) is 5.02 Å². The molecule has 2 aromatic rings. The van der Waals surface area contributed by atoms with Gasteiger partial charge in [-0.15, -0.1) is 0 Å². The van der Waals surface area contributed by atoms with E-state index in [1.54, 1.807) is 6.07 Å². The Hall–Kier alpha value is -1.41. The number of nitrogens with zero attached hydrogens (tertiary/aromatic N) is 3. The van der Waals surface area contributed by atoms with E-state index in [9.17, 15) is 5.26 Å². The molecule has 34 heavy (non-hydrogen) atoms. The van der Waals surface area contributed by atoms with E-state index in [0.29, 0.717) is 48.1 Å². The minimum Gasteiger partial charge on any atom is -0.413 e. The molecular weight excluding hydrogens is 557 g/mol. The number of nitrogens with one attached hydrogen (secondary N) is 2. The lowest BCUT2D eigenvalue weighted by molar-refractivity contribution is 0.0698. The maximum absolute atomic E-state index is 9.42. The molecule has 184 valence electrons. The summed E-state index contributed by atoms with van der Waals surface area (Å²) < 4.78 is 12.7. The molecule has 0 aliphatic carbocycles. The lowest BCUT2D eigenvalue weighted by atomic mass is 9.96. The monoisotopic (exact) mass is 585 g/mol. The van der Waals surface area contributed by atoms with Crippen LogP contribution in [0.1, 0.15) is 32.8 Å². The SMILES string of the molecule is CC(C)(C)[Si](C)(C)OCc1cc(Nc2ncc(Cl)c(N[C@@H]3COCC[C@H]3C#N)n2)cc(Cl)c1Br. The topological polar surface area (TPSA) is 92.1 Å². The highest BCUT2D eigenvalue weighted by Crippen LogP contribution is 2.39. The van der Waals surface area contributed by atoms with Gasteiger partial charge >= 0.3 is 0 Å². The number of nitriles is 1. The molecule has 1 aromatic heterocycles. The van der Waals surface area contributed by atoms with Crippen LogP contribution in [0.15, 0.2) is 22.8 Å². The van der Waals surface area contributed by atoms with Crippen molar-refractivity contribution in [1.82, 2.24) is 9.97 Å². The fourth-order valence-corrected chi connectivity index (χ4v) is 4.84. The molecule has 1 saturated heterocycles. The minimum atomic E-state index is -1.93. The molecule has 1 aliphatic heterocycles. The van der Waals surface area contributed by atoms with Crippen molar-refractivity contribution in [1.29, 1.82) is 5.26 Å². The Labute approximate surface area is 220 Å². The molecule has 11 heteroatoms. The van der Waals surface area contributed by atoms with Gasteiger partial charge < -0.3 is 19.8 Å². The molecule has 2 N–H and O–H groups in total. The fourth-order valence-electron chi connectivity index (χ4n) is 3.17. The lowest BCUT2D eigenvalue weighted by Gasteiger charge is -2.36. The second-order valence-electron chi connectivity index (χ2n) is 9.85. The molecule has 1 aromatic carbocycles. The van der Waals surface area contributed by atoms with Crippen LogP contribution in [0.3, 0.4) is 0 Å². The maximum Gasteiger partial charge on any atom is 0.229 e. The van der Waals surface area contributed by atoms with Crippen molar-refractivity contribution in [2.75, 3.05) is 23.8 Å². The lowest BCUT2D eigenvalue weighted by Crippen LogP contribution is -2.40. The van der Waals surface area contributed by atoms with Crippen LogP contribution in [0.25, 0.3) is 0 Å². The fraction of sp³-hybridized carbons (Fsp3) is 0.522. The summed E-state index contributed by atoms with van der Waals surface area (Å²) in [6, 6.07) is 5.90. The molecule has 2 atom stereocenters. The van der Waals surface area contributed by atoms with Crippen molar-refractivity contribution >= 4 is 64.9 Å². The van der Waals surface area contributed by atoms with Crippen molar-refractivity contribution in [2.45, 2.75) is 58.0 Å². The van der Waals surface area contributed by atoms with Crippen LogP contribution in [-0.2, 0) is 15.8 Å². The van der Waals surface area contributed by atoms with E-state index in [-0.39, 0.29) is 17.0 Å². The van der Waals surface area contributed by atoms with Crippen LogP contribution in [0.5, 0.6) is 0 Å². The molecule has 1 fully saturated rings. The summed E-state index contributed by atoms with van der Waals surface area (Å²) in [4.78, 5) is 8.82. The van der Waals surface area contributed by atoms with Gasteiger partial charge in [0.2, 0.25) is 5.95 Å². The van der Waals surface area contributed by atoms with E-state index in [1.807, 2.05) is 6.07 Å². The summed E-state index contributed by atoms with van der Waals surface area (Å²) in [5.41, 5.74) is 1.66. The second kappa shape index (κ2) is 11.1. The highest BCUT2D eigenvalue weighted by atomic mass is 79.9. The molecule has 2 heterocycles. The smallest absolute Gasteiger partial charge is 0.229 e. The van der Waals surface area contributed by atoms with Crippen LogP contribution < -0.4 is 10.6 Å². The normalized spacial score (nSPS) is 18.9. The summed E-state index contributed by atoms with van der Waals surface area (Å²) in [5, 5.41) is 16.9. The Kier molecular flexibility index (Phi) is 8.88. The van der Waals surface area contributed by atoms with Gasteiger partial charge in [-0.25, -0.2) is 4.98 Å². The Morgan fingerprint density at radius 3 is 2.71 bits per heavy atom. The predicted octanol–water partition coefficient (Wildman–Crippen LogP) is 7.15. The number of halogens is 3. The molecule has 0 bridgehead atoms. The molecule has 0 spiro atoms. The van der Waals surface area contributed by atoms with Crippen molar-refractivity contribution in [3.8, 4) is 6.07 Å². The maximum atomic E-state index is 9.42. The first-order valence-electron chi connectivity index (χ1n) is 11.1. The van der Waals surface area contributed by atoms with Crippen LogP contribution in [-0.4, -0.2) is 37.5 Å². The number of benzene rings is 1. The molecule has 0 unspecified atom stereocenters. The van der Waals surface area contributed by atoms with Crippen molar-refractivity contribution < 1.29 is 9.16 Å². The number of anilines is 3. The van der Waals surface area contributed by atoms with E-state index in [4.69, 9.17) is 32.4 Å². The number of ether oxygens (including phenoxy) is 1. The third kappa shape index (κ3) is 6.62. The zero-order valence-electron chi connectivity index (χ0n) is 20.0. The Morgan fingerprint density at radius 2 is 2.03 bits per heavy atom. The Morgan fingerprint density at radius 1 is 1.29 bits per heavy atom. The molecule has 0 radical (unpaired) electrons. The van der Waals surface area contributed by atoms with Gasteiger partial charge in [-0.1, -0.05) is 44.0 Å². The summed E-state index contributed by atoms with van der Waals surface area (Å²) >= 11 is 16.4. The van der Waals surface area contributed by atoms with Crippen LogP contribution in [0, 0.1) is 17.2 Å². The van der Waals surface area contributed by atoms with E-state index in [2.05, 4.69) is 76.5 Å². The van der Waals surface area contributed by atoms with Gasteiger partial charge in [-0.2, -0.15) is 10.2 Å². The first kappa shape index (κ1) is 27.2. The standard InChI is InChI=1S/C23H30BrCl2N5O2Si/c1-23(2,3)34(4,5)33-12-15-8-16(9-17(25)20(15)24)29-22-28-11-18(26)21(31-22)30-19-13-32-7-6-14(19)10-27/h8-9,11,14,19H,6-7,12-13H2,1-5H3,(H2,28,29,30,31)/t14-,19+/m0/s1. The van der Waals surface area contributed by atoms with Gasteiger partial charge in [0.15, 0.2) is 14.1 Å². The second-order valence-corrected chi connectivity index (χ2v) is 16.3. The average molecular weight is 587 g/mol. The highest BCUT2D eigenvalue weighted by Gasteiger charge is 2.37. The molecular formula is C23H30BrCl2N5O2Si. The average Bonchev–Trinajstić information content (AvgIpc) is 2.77. The van der Waals surface area contributed by atoms with Gasteiger partial charge in [-0.3, -0.25) is 0 Å². The highest BCUT2D eigenvalue weighted by molar-refractivity contribution is 9.10. The minimum absolute atomic E-state index is 0.105. The molecule has 0 saturated carbocycles. The first-order chi connectivity index (χ1) is 15.9. The first-order valence-corrected chi connectivity index (χ1v) is 15.5.